The Balaban J connectivity index is 2.31. The number of rotatable bonds is 4. The highest BCUT2D eigenvalue weighted by Crippen LogP contribution is 2.21. The molecule has 1 aromatic heterocycles. The van der Waals surface area contributed by atoms with Crippen molar-refractivity contribution in [1.82, 2.24) is 25.5 Å². The minimum atomic E-state index is -4.15. The van der Waals surface area contributed by atoms with Crippen LogP contribution < -0.4 is 5.32 Å². The van der Waals surface area contributed by atoms with Gasteiger partial charge in [-0.15, -0.1) is 10.2 Å². The van der Waals surface area contributed by atoms with Crippen molar-refractivity contribution in [3.63, 3.8) is 0 Å². The van der Waals surface area contributed by atoms with Gasteiger partial charge in [0.05, 0.1) is 20.0 Å². The summed E-state index contributed by atoms with van der Waals surface area (Å²) in [6.07, 6.45) is -5.02. The Morgan fingerprint density at radius 2 is 2.13 bits per heavy atom. The van der Waals surface area contributed by atoms with E-state index in [2.05, 4.69) is 20.7 Å². The third-order valence-electron chi connectivity index (χ3n) is 1.70. The highest BCUT2D eigenvalue weighted by Gasteiger charge is 2.29. The number of nitrogens with zero attached hydrogens (tertiary/aromatic N) is 4. The predicted molar refractivity (Wildman–Crippen MR) is 45.8 cm³/mol. The smallest absolute Gasteiger partial charge is 0.307 e. The maximum Gasteiger partial charge on any atom is 0.390 e. The van der Waals surface area contributed by atoms with E-state index in [1.165, 1.54) is 11.7 Å². The number of aromatic nitrogens is 4. The van der Waals surface area contributed by atoms with Crippen molar-refractivity contribution in [1.29, 1.82) is 0 Å². The van der Waals surface area contributed by atoms with Gasteiger partial charge >= 0.3 is 6.18 Å². The van der Waals surface area contributed by atoms with Crippen molar-refractivity contribution in [2.24, 2.45) is 7.05 Å². The molecule has 0 saturated carbocycles. The predicted octanol–water partition coefficient (Wildman–Crippen LogP) is 0.641. The van der Waals surface area contributed by atoms with Crippen molar-refractivity contribution in [2.45, 2.75) is 32.1 Å². The van der Waals surface area contributed by atoms with Crippen LogP contribution in [-0.2, 0) is 13.6 Å². The summed E-state index contributed by atoms with van der Waals surface area (Å²) in [6, 6.07) is -0.659. The fourth-order valence-electron chi connectivity index (χ4n) is 1.08. The van der Waals surface area contributed by atoms with E-state index in [4.69, 9.17) is 0 Å². The summed E-state index contributed by atoms with van der Waals surface area (Å²) in [5.41, 5.74) is 0. The van der Waals surface area contributed by atoms with Gasteiger partial charge in [-0.2, -0.15) is 18.0 Å². The van der Waals surface area contributed by atoms with Gasteiger partial charge in [0, 0.05) is 6.04 Å². The Bertz CT molecular complexity index is 308. The van der Waals surface area contributed by atoms with Crippen molar-refractivity contribution in [3.8, 4) is 0 Å². The third-order valence-corrected chi connectivity index (χ3v) is 1.70. The van der Waals surface area contributed by atoms with E-state index in [1.807, 2.05) is 0 Å². The first-order valence-electron chi connectivity index (χ1n) is 4.40. The van der Waals surface area contributed by atoms with E-state index in [0.717, 1.165) is 0 Å². The molecule has 8 heteroatoms. The lowest BCUT2D eigenvalue weighted by molar-refractivity contribution is -0.139. The first kappa shape index (κ1) is 11.9. The van der Waals surface area contributed by atoms with Crippen LogP contribution in [0.4, 0.5) is 13.2 Å². The molecule has 0 fully saturated rings. The molecule has 1 atom stereocenters. The van der Waals surface area contributed by atoms with Gasteiger partial charge in [0.2, 0.25) is 0 Å². The minimum absolute atomic E-state index is 0.186. The molecule has 1 heterocycles. The summed E-state index contributed by atoms with van der Waals surface area (Å²) in [4.78, 5) is 1.26. The van der Waals surface area contributed by atoms with Crippen LogP contribution in [0, 0.1) is 0 Å². The zero-order chi connectivity index (χ0) is 11.5. The van der Waals surface area contributed by atoms with Gasteiger partial charge in [0.15, 0.2) is 5.82 Å². The number of halogens is 3. The van der Waals surface area contributed by atoms with Crippen LogP contribution in [0.5, 0.6) is 0 Å². The Kier molecular flexibility index (Phi) is 3.61. The summed E-state index contributed by atoms with van der Waals surface area (Å²) in [5.74, 6) is 0.381. The summed E-state index contributed by atoms with van der Waals surface area (Å²) in [5, 5.41) is 13.7. The van der Waals surface area contributed by atoms with Crippen LogP contribution in [-0.4, -0.2) is 32.4 Å². The lowest BCUT2D eigenvalue weighted by Crippen LogP contribution is -2.31. The molecule has 0 aliphatic heterocycles. The molecule has 0 aromatic carbocycles. The summed E-state index contributed by atoms with van der Waals surface area (Å²) < 4.78 is 35.8. The minimum Gasteiger partial charge on any atom is -0.307 e. The van der Waals surface area contributed by atoms with Crippen LogP contribution in [0.1, 0.15) is 19.2 Å². The van der Waals surface area contributed by atoms with Crippen molar-refractivity contribution in [3.05, 3.63) is 5.82 Å². The molecular formula is C7H12F3N5. The zero-order valence-corrected chi connectivity index (χ0v) is 8.41. The Hall–Kier alpha value is -1.18. The molecule has 1 rings (SSSR count). The second-order valence-corrected chi connectivity index (χ2v) is 3.30. The van der Waals surface area contributed by atoms with Crippen LogP contribution in [0.2, 0.25) is 0 Å². The van der Waals surface area contributed by atoms with Crippen LogP contribution in [0.3, 0.4) is 0 Å². The highest BCUT2D eigenvalue weighted by atomic mass is 19.4. The summed E-state index contributed by atoms with van der Waals surface area (Å²) >= 11 is 0. The van der Waals surface area contributed by atoms with Crippen molar-refractivity contribution < 1.29 is 13.2 Å². The molecule has 5 nitrogen and oxygen atoms in total. The molecule has 1 aromatic rings. The van der Waals surface area contributed by atoms with E-state index in [0.29, 0.717) is 5.82 Å². The van der Waals surface area contributed by atoms with E-state index in [1.54, 1.807) is 7.05 Å². The fourth-order valence-corrected chi connectivity index (χ4v) is 1.08. The lowest BCUT2D eigenvalue weighted by Gasteiger charge is -2.14. The van der Waals surface area contributed by atoms with Gasteiger partial charge in [-0.1, -0.05) is 0 Å². The lowest BCUT2D eigenvalue weighted by atomic mass is 10.2. The summed E-state index contributed by atoms with van der Waals surface area (Å²) in [6.45, 7) is 1.65. The van der Waals surface area contributed by atoms with Gasteiger partial charge in [0.1, 0.15) is 0 Å². The molecule has 0 aliphatic rings. The van der Waals surface area contributed by atoms with Gasteiger partial charge in [0.25, 0.3) is 0 Å². The first-order valence-corrected chi connectivity index (χ1v) is 4.40. The maximum atomic E-state index is 11.9. The first-order chi connectivity index (χ1) is 6.87. The monoisotopic (exact) mass is 223 g/mol. The van der Waals surface area contributed by atoms with E-state index >= 15 is 0 Å². The number of hydrogen-bond acceptors (Lipinski definition) is 4. The number of tetrazole rings is 1. The molecule has 1 N–H and O–H groups in total. The molecule has 0 bridgehead atoms. The average Bonchev–Trinajstić information content (AvgIpc) is 2.45. The SMILES string of the molecule is CC(CC(F)(F)F)NCc1nnn(C)n1. The molecular weight excluding hydrogens is 211 g/mol. The highest BCUT2D eigenvalue weighted by molar-refractivity contribution is 4.77. The zero-order valence-electron chi connectivity index (χ0n) is 8.41. The Labute approximate surface area is 84.7 Å². The molecule has 0 radical (unpaired) electrons. The molecule has 0 amide bonds. The maximum absolute atomic E-state index is 11.9. The van der Waals surface area contributed by atoms with Gasteiger partial charge in [-0.25, -0.2) is 0 Å². The largest absolute Gasteiger partial charge is 0.390 e. The number of alkyl halides is 3. The van der Waals surface area contributed by atoms with E-state index in [9.17, 15) is 13.2 Å². The summed E-state index contributed by atoms with van der Waals surface area (Å²) in [7, 11) is 1.59. The molecule has 15 heavy (non-hydrogen) atoms. The average molecular weight is 223 g/mol. The number of nitrogens with one attached hydrogen (secondary N) is 1. The van der Waals surface area contributed by atoms with E-state index < -0.39 is 18.6 Å². The molecule has 0 spiro atoms. The van der Waals surface area contributed by atoms with Gasteiger partial charge in [-0.3, -0.25) is 0 Å². The van der Waals surface area contributed by atoms with E-state index in [-0.39, 0.29) is 6.54 Å². The number of hydrogen-bond donors (Lipinski definition) is 1. The van der Waals surface area contributed by atoms with Crippen molar-refractivity contribution >= 4 is 0 Å². The standard InChI is InChI=1S/C7H12F3N5/c1-5(3-7(8,9)10)11-4-6-12-14-15(2)13-6/h5,11H,3-4H2,1-2H3. The molecule has 86 valence electrons. The quantitative estimate of drug-likeness (QED) is 0.813. The van der Waals surface area contributed by atoms with Crippen molar-refractivity contribution in [2.75, 3.05) is 0 Å². The topological polar surface area (TPSA) is 55.6 Å². The molecule has 0 saturated heterocycles. The van der Waals surface area contributed by atoms with Crippen LogP contribution in [0.15, 0.2) is 0 Å². The third kappa shape index (κ3) is 4.73. The molecule has 0 aliphatic carbocycles. The van der Waals surface area contributed by atoms with Gasteiger partial charge < -0.3 is 5.32 Å². The number of aryl methyl sites for hydroxylation is 1. The van der Waals surface area contributed by atoms with Gasteiger partial charge in [-0.05, 0) is 12.1 Å². The fraction of sp³-hybridized carbons (Fsp3) is 0.857. The van der Waals surface area contributed by atoms with Crippen LogP contribution in [0.25, 0.3) is 0 Å². The Morgan fingerprint density at radius 1 is 1.47 bits per heavy atom. The second kappa shape index (κ2) is 4.56. The normalized spacial score (nSPS) is 14.2. The Morgan fingerprint density at radius 3 is 2.60 bits per heavy atom. The molecule has 1 unspecified atom stereocenters. The van der Waals surface area contributed by atoms with Crippen LogP contribution >= 0.6 is 0 Å². The second-order valence-electron chi connectivity index (χ2n) is 3.30.